The molecule has 0 radical (unpaired) electrons. The van der Waals surface area contributed by atoms with Crippen molar-refractivity contribution in [2.45, 2.75) is 26.0 Å². The van der Waals surface area contributed by atoms with Crippen LogP contribution in [-0.2, 0) is 24.3 Å². The van der Waals surface area contributed by atoms with E-state index in [9.17, 15) is 14.0 Å². The molecule has 8 nitrogen and oxygen atoms in total. The number of halogens is 1. The van der Waals surface area contributed by atoms with Crippen molar-refractivity contribution in [1.29, 1.82) is 0 Å². The monoisotopic (exact) mass is 406 g/mol. The minimum atomic E-state index is -0.596. The van der Waals surface area contributed by atoms with Gasteiger partial charge in [0.25, 0.3) is 11.4 Å². The Balaban J connectivity index is 1.32. The summed E-state index contributed by atoms with van der Waals surface area (Å²) in [5.74, 6) is 0.148. The van der Waals surface area contributed by atoms with Gasteiger partial charge in [0.1, 0.15) is 11.6 Å². The van der Waals surface area contributed by atoms with E-state index >= 15 is 0 Å². The average molecular weight is 406 g/mol. The topological polar surface area (TPSA) is 100 Å². The van der Waals surface area contributed by atoms with E-state index < -0.39 is 5.97 Å². The first kappa shape index (κ1) is 18.2. The summed E-state index contributed by atoms with van der Waals surface area (Å²) in [6.07, 6.45) is 1.63. The van der Waals surface area contributed by atoms with E-state index in [1.165, 1.54) is 30.3 Å². The summed E-state index contributed by atoms with van der Waals surface area (Å²) >= 11 is 0. The molecule has 4 aromatic rings. The van der Waals surface area contributed by atoms with E-state index in [-0.39, 0.29) is 35.3 Å². The van der Waals surface area contributed by atoms with Crippen LogP contribution >= 0.6 is 0 Å². The van der Waals surface area contributed by atoms with Crippen LogP contribution in [0.5, 0.6) is 0 Å². The number of aromatic nitrogens is 4. The molecule has 0 N–H and O–H groups in total. The number of aryl methyl sites for hydroxylation is 1. The van der Waals surface area contributed by atoms with Crippen LogP contribution in [0.15, 0.2) is 51.8 Å². The Hall–Kier alpha value is -3.88. The normalized spacial score (nSPS) is 12.8. The van der Waals surface area contributed by atoms with Crippen LogP contribution in [0.4, 0.5) is 4.39 Å². The molecule has 2 aromatic heterocycles. The molecule has 0 atom stereocenters. The Morgan fingerprint density at radius 1 is 1.17 bits per heavy atom. The van der Waals surface area contributed by atoms with Gasteiger partial charge in [-0.3, -0.25) is 9.36 Å². The third-order valence-electron chi connectivity index (χ3n) is 4.95. The number of ether oxygens (including phenoxy) is 1. The molecule has 0 fully saturated rings. The van der Waals surface area contributed by atoms with Crippen molar-refractivity contribution in [3.05, 3.63) is 75.9 Å². The van der Waals surface area contributed by atoms with Crippen LogP contribution in [0.1, 0.15) is 28.5 Å². The molecule has 1 aliphatic heterocycles. The van der Waals surface area contributed by atoms with E-state index in [4.69, 9.17) is 9.26 Å². The summed E-state index contributed by atoms with van der Waals surface area (Å²) in [4.78, 5) is 33.6. The molecule has 3 heterocycles. The van der Waals surface area contributed by atoms with Crippen molar-refractivity contribution in [3.63, 3.8) is 0 Å². The van der Waals surface area contributed by atoms with Crippen molar-refractivity contribution in [2.24, 2.45) is 0 Å². The van der Waals surface area contributed by atoms with Crippen LogP contribution < -0.4 is 5.56 Å². The fourth-order valence-corrected chi connectivity index (χ4v) is 3.45. The highest BCUT2D eigenvalue weighted by molar-refractivity contribution is 5.94. The molecule has 1 aliphatic rings. The molecule has 0 spiro atoms. The predicted octanol–water partition coefficient (Wildman–Crippen LogP) is 2.89. The Morgan fingerprint density at radius 3 is 2.83 bits per heavy atom. The summed E-state index contributed by atoms with van der Waals surface area (Å²) in [5.41, 5.74) is 1.23. The Kier molecular flexibility index (Phi) is 4.35. The van der Waals surface area contributed by atoms with E-state index in [1.807, 2.05) is 0 Å². The lowest BCUT2D eigenvalue weighted by molar-refractivity contribution is 0.0430. The largest absolute Gasteiger partial charge is 0.452 e. The quantitative estimate of drug-likeness (QED) is 0.481. The minimum absolute atomic E-state index is 0.0911. The second-order valence-electron chi connectivity index (χ2n) is 6.92. The zero-order valence-electron chi connectivity index (χ0n) is 15.7. The fraction of sp³-hybridized carbons (Fsp3) is 0.190. The molecule has 5 rings (SSSR count). The number of hydrogen-bond acceptors (Lipinski definition) is 7. The number of hydrogen-bond donors (Lipinski definition) is 0. The molecule has 9 heteroatoms. The van der Waals surface area contributed by atoms with Crippen LogP contribution in [-0.4, -0.2) is 25.7 Å². The second kappa shape index (κ2) is 7.18. The maximum atomic E-state index is 13.0. The smallest absolute Gasteiger partial charge is 0.338 e. The van der Waals surface area contributed by atoms with E-state index in [1.54, 1.807) is 16.7 Å². The Labute approximate surface area is 168 Å². The fourth-order valence-electron chi connectivity index (χ4n) is 3.45. The average Bonchev–Trinajstić information content (AvgIpc) is 3.42. The number of carbonyl (C=O) groups is 1. The number of rotatable bonds is 4. The molecular weight excluding hydrogens is 391 g/mol. The molecule has 0 amide bonds. The lowest BCUT2D eigenvalue weighted by Crippen LogP contribution is -2.21. The van der Waals surface area contributed by atoms with Gasteiger partial charge in [0, 0.05) is 18.5 Å². The van der Waals surface area contributed by atoms with Gasteiger partial charge < -0.3 is 9.26 Å². The maximum absolute atomic E-state index is 13.0. The first-order valence-corrected chi connectivity index (χ1v) is 9.37. The highest BCUT2D eigenvalue weighted by Crippen LogP contribution is 2.18. The first-order chi connectivity index (χ1) is 14.6. The molecule has 30 heavy (non-hydrogen) atoms. The number of fused-ring (bicyclic) bond motifs is 2. The number of esters is 1. The lowest BCUT2D eigenvalue weighted by Gasteiger charge is -2.06. The van der Waals surface area contributed by atoms with E-state index in [0.717, 1.165) is 18.7 Å². The highest BCUT2D eigenvalue weighted by atomic mass is 19.1. The summed E-state index contributed by atoms with van der Waals surface area (Å²) in [7, 11) is 0. The number of carbonyl (C=O) groups excluding carboxylic acids is 1. The standard InChI is InChI=1S/C21H15FN4O4/c22-14-6-3-12(4-7-14)19-24-18(30-25-19)11-29-21(28)13-5-8-15-16(10-13)23-17-2-1-9-26(17)20(15)27/h3-8,10H,1-2,9,11H2. The van der Waals surface area contributed by atoms with Crippen LogP contribution in [0.2, 0.25) is 0 Å². The van der Waals surface area contributed by atoms with Gasteiger partial charge in [-0.15, -0.1) is 0 Å². The van der Waals surface area contributed by atoms with Crippen LogP contribution in [0.25, 0.3) is 22.3 Å². The summed E-state index contributed by atoms with van der Waals surface area (Å²) in [6.45, 7) is 0.455. The third-order valence-corrected chi connectivity index (χ3v) is 4.95. The van der Waals surface area contributed by atoms with Gasteiger partial charge in [-0.05, 0) is 48.9 Å². The highest BCUT2D eigenvalue weighted by Gasteiger charge is 2.18. The molecule has 0 unspecified atom stereocenters. The van der Waals surface area contributed by atoms with Gasteiger partial charge in [-0.25, -0.2) is 14.2 Å². The van der Waals surface area contributed by atoms with E-state index in [0.29, 0.717) is 23.0 Å². The van der Waals surface area contributed by atoms with Gasteiger partial charge in [-0.1, -0.05) is 5.16 Å². The second-order valence-corrected chi connectivity index (χ2v) is 6.92. The molecule has 0 saturated heterocycles. The van der Waals surface area contributed by atoms with Crippen LogP contribution in [0.3, 0.4) is 0 Å². The Morgan fingerprint density at radius 2 is 2.00 bits per heavy atom. The molecule has 0 bridgehead atoms. The van der Waals surface area contributed by atoms with Crippen molar-refractivity contribution < 1.29 is 18.4 Å². The van der Waals surface area contributed by atoms with Crippen LogP contribution in [0, 0.1) is 5.82 Å². The third kappa shape index (κ3) is 3.24. The maximum Gasteiger partial charge on any atom is 0.338 e. The summed E-state index contributed by atoms with van der Waals surface area (Å²) < 4.78 is 25.0. The summed E-state index contributed by atoms with van der Waals surface area (Å²) in [6, 6.07) is 10.3. The first-order valence-electron chi connectivity index (χ1n) is 9.37. The van der Waals surface area contributed by atoms with Crippen molar-refractivity contribution in [2.75, 3.05) is 0 Å². The SMILES string of the molecule is O=C(OCc1nc(-c2ccc(F)cc2)no1)c1ccc2c(=O)n3c(nc2c1)CCC3. The molecular formula is C21H15FN4O4. The van der Waals surface area contributed by atoms with Gasteiger partial charge in [0.15, 0.2) is 6.61 Å². The molecule has 150 valence electrons. The van der Waals surface area contributed by atoms with Gasteiger partial charge >= 0.3 is 5.97 Å². The summed E-state index contributed by atoms with van der Waals surface area (Å²) in [5, 5.41) is 4.27. The predicted molar refractivity (Wildman–Crippen MR) is 103 cm³/mol. The van der Waals surface area contributed by atoms with Crippen molar-refractivity contribution in [3.8, 4) is 11.4 Å². The molecule has 0 saturated carbocycles. The van der Waals surface area contributed by atoms with Gasteiger partial charge in [-0.2, -0.15) is 4.98 Å². The van der Waals surface area contributed by atoms with Gasteiger partial charge in [0.05, 0.1) is 16.5 Å². The number of benzene rings is 2. The van der Waals surface area contributed by atoms with Gasteiger partial charge in [0.2, 0.25) is 5.82 Å². The number of nitrogens with zero attached hydrogens (tertiary/aromatic N) is 4. The zero-order chi connectivity index (χ0) is 20.7. The van der Waals surface area contributed by atoms with Crippen molar-refractivity contribution in [1.82, 2.24) is 19.7 Å². The molecule has 0 aliphatic carbocycles. The zero-order valence-corrected chi connectivity index (χ0v) is 15.7. The Bertz CT molecular complexity index is 1330. The lowest BCUT2D eigenvalue weighted by atomic mass is 10.1. The minimum Gasteiger partial charge on any atom is -0.452 e. The van der Waals surface area contributed by atoms with Crippen molar-refractivity contribution >= 4 is 16.9 Å². The molecule has 2 aromatic carbocycles. The van der Waals surface area contributed by atoms with E-state index in [2.05, 4.69) is 15.1 Å².